The number of alkyl halides is 2. The highest BCUT2D eigenvalue weighted by Gasteiger charge is 2.30. The molecule has 0 saturated carbocycles. The second-order valence-electron chi connectivity index (χ2n) is 6.48. The van der Waals surface area contributed by atoms with E-state index in [4.69, 9.17) is 4.74 Å². The molecule has 1 aromatic heterocycles. The molecule has 25 heavy (non-hydrogen) atoms. The molecule has 0 saturated heterocycles. The molecule has 2 aromatic rings. The van der Waals surface area contributed by atoms with Gasteiger partial charge in [-0.15, -0.1) is 0 Å². The van der Waals surface area contributed by atoms with Crippen molar-refractivity contribution in [2.75, 3.05) is 12.4 Å². The number of anilines is 1. The molecule has 0 unspecified atom stereocenters. The van der Waals surface area contributed by atoms with Crippen molar-refractivity contribution >= 4 is 28.8 Å². The summed E-state index contributed by atoms with van der Waals surface area (Å²) in [4.78, 5) is 30.3. The standard InChI is InChI=1S/C16H19F2N3O4/c1-15(2,3)25-14(23)20-8-6-7-9-11(10(8)12(22)24-5)21-13(19-9)16(4,17)18/h6-7H,1-5H3,(H,19,21)(H,20,23). The van der Waals surface area contributed by atoms with Crippen LogP contribution in [0.2, 0.25) is 0 Å². The largest absolute Gasteiger partial charge is 0.465 e. The van der Waals surface area contributed by atoms with Gasteiger partial charge in [0.15, 0.2) is 5.82 Å². The monoisotopic (exact) mass is 355 g/mol. The van der Waals surface area contributed by atoms with E-state index in [-0.39, 0.29) is 22.3 Å². The Hall–Kier alpha value is -2.71. The Morgan fingerprint density at radius 3 is 2.36 bits per heavy atom. The Balaban J connectivity index is 2.53. The minimum Gasteiger partial charge on any atom is -0.465 e. The molecular weight excluding hydrogens is 336 g/mol. The van der Waals surface area contributed by atoms with E-state index in [2.05, 4.69) is 20.0 Å². The van der Waals surface area contributed by atoms with Gasteiger partial charge in [0.05, 0.1) is 18.3 Å². The molecule has 0 atom stereocenters. The number of carbonyl (C=O) groups excluding carboxylic acids is 2. The van der Waals surface area contributed by atoms with E-state index in [0.29, 0.717) is 6.92 Å². The van der Waals surface area contributed by atoms with Gasteiger partial charge in [-0.05, 0) is 32.9 Å². The number of ether oxygens (including phenoxy) is 2. The second-order valence-corrected chi connectivity index (χ2v) is 6.48. The third-order valence-corrected chi connectivity index (χ3v) is 3.10. The van der Waals surface area contributed by atoms with Gasteiger partial charge in [0.25, 0.3) is 0 Å². The van der Waals surface area contributed by atoms with Crippen LogP contribution in [0.25, 0.3) is 11.0 Å². The lowest BCUT2D eigenvalue weighted by Crippen LogP contribution is -2.27. The van der Waals surface area contributed by atoms with Crippen LogP contribution in [-0.2, 0) is 15.4 Å². The molecular formula is C16H19F2N3O4. The Morgan fingerprint density at radius 1 is 1.20 bits per heavy atom. The number of hydrogen-bond donors (Lipinski definition) is 2. The highest BCUT2D eigenvalue weighted by molar-refractivity contribution is 6.09. The maximum Gasteiger partial charge on any atom is 0.412 e. The molecule has 136 valence electrons. The minimum atomic E-state index is -3.22. The Morgan fingerprint density at radius 2 is 1.84 bits per heavy atom. The maximum atomic E-state index is 13.5. The number of imidazole rings is 1. The van der Waals surface area contributed by atoms with Gasteiger partial charge in [0.1, 0.15) is 16.7 Å². The number of esters is 1. The number of amides is 1. The van der Waals surface area contributed by atoms with Crippen LogP contribution >= 0.6 is 0 Å². The van der Waals surface area contributed by atoms with Gasteiger partial charge in [-0.2, -0.15) is 8.78 Å². The smallest absolute Gasteiger partial charge is 0.412 e. The Labute approximate surface area is 142 Å². The zero-order valence-electron chi connectivity index (χ0n) is 14.5. The number of rotatable bonds is 3. The van der Waals surface area contributed by atoms with E-state index in [1.807, 2.05) is 0 Å². The summed E-state index contributed by atoms with van der Waals surface area (Å²) in [6.45, 7) is 5.73. The van der Waals surface area contributed by atoms with Crippen molar-refractivity contribution in [3.05, 3.63) is 23.5 Å². The summed E-state index contributed by atoms with van der Waals surface area (Å²) in [6.07, 6.45) is -0.798. The van der Waals surface area contributed by atoms with Gasteiger partial charge in [0, 0.05) is 6.92 Å². The lowest BCUT2D eigenvalue weighted by molar-refractivity contribution is 0.00885. The fourth-order valence-corrected chi connectivity index (χ4v) is 2.11. The number of carbonyl (C=O) groups is 2. The van der Waals surface area contributed by atoms with Crippen LogP contribution in [-0.4, -0.2) is 34.7 Å². The summed E-state index contributed by atoms with van der Waals surface area (Å²) in [5, 5.41) is 2.42. The van der Waals surface area contributed by atoms with Gasteiger partial charge < -0.3 is 14.5 Å². The van der Waals surface area contributed by atoms with Gasteiger partial charge in [-0.25, -0.2) is 14.6 Å². The molecule has 0 aliphatic heterocycles. The second kappa shape index (κ2) is 6.30. The molecule has 0 radical (unpaired) electrons. The van der Waals surface area contributed by atoms with Gasteiger partial charge in [-0.3, -0.25) is 5.32 Å². The normalized spacial score (nSPS) is 12.1. The van der Waals surface area contributed by atoms with Gasteiger partial charge >= 0.3 is 18.0 Å². The van der Waals surface area contributed by atoms with Crippen LogP contribution < -0.4 is 5.32 Å². The van der Waals surface area contributed by atoms with E-state index >= 15 is 0 Å². The van der Waals surface area contributed by atoms with Crippen LogP contribution in [0.1, 0.15) is 43.9 Å². The number of nitrogens with one attached hydrogen (secondary N) is 2. The van der Waals surface area contributed by atoms with E-state index in [1.165, 1.54) is 12.1 Å². The third kappa shape index (κ3) is 4.23. The molecule has 7 nitrogen and oxygen atoms in total. The van der Waals surface area contributed by atoms with Crippen LogP contribution in [0.5, 0.6) is 0 Å². The fraction of sp³-hybridized carbons (Fsp3) is 0.438. The number of hydrogen-bond acceptors (Lipinski definition) is 5. The molecule has 2 rings (SSSR count). The lowest BCUT2D eigenvalue weighted by Gasteiger charge is -2.20. The van der Waals surface area contributed by atoms with Crippen molar-refractivity contribution in [1.82, 2.24) is 9.97 Å². The molecule has 0 bridgehead atoms. The van der Waals surface area contributed by atoms with E-state index in [9.17, 15) is 18.4 Å². The lowest BCUT2D eigenvalue weighted by atomic mass is 10.1. The molecule has 1 amide bonds. The molecule has 2 N–H and O–H groups in total. The van der Waals surface area contributed by atoms with Crippen LogP contribution in [0.15, 0.2) is 12.1 Å². The fourth-order valence-electron chi connectivity index (χ4n) is 2.11. The van der Waals surface area contributed by atoms with E-state index in [1.54, 1.807) is 20.8 Å². The van der Waals surface area contributed by atoms with Gasteiger partial charge in [0.2, 0.25) is 0 Å². The topological polar surface area (TPSA) is 93.3 Å². The number of aromatic amines is 1. The maximum absolute atomic E-state index is 13.5. The number of benzene rings is 1. The number of aromatic nitrogens is 2. The van der Waals surface area contributed by atoms with E-state index < -0.39 is 29.4 Å². The average Bonchev–Trinajstić information content (AvgIpc) is 2.88. The molecule has 1 heterocycles. The average molecular weight is 355 g/mol. The summed E-state index contributed by atoms with van der Waals surface area (Å²) in [5.41, 5.74) is -0.657. The summed E-state index contributed by atoms with van der Waals surface area (Å²) >= 11 is 0. The number of fused-ring (bicyclic) bond motifs is 1. The highest BCUT2D eigenvalue weighted by Crippen LogP contribution is 2.31. The van der Waals surface area contributed by atoms with Crippen molar-refractivity contribution in [3.8, 4) is 0 Å². The predicted octanol–water partition coefficient (Wildman–Crippen LogP) is 3.81. The van der Waals surface area contributed by atoms with Crippen LogP contribution in [0, 0.1) is 0 Å². The predicted molar refractivity (Wildman–Crippen MR) is 86.9 cm³/mol. The van der Waals surface area contributed by atoms with Crippen molar-refractivity contribution < 1.29 is 27.8 Å². The Kier molecular flexibility index (Phi) is 4.70. The first-order valence-corrected chi connectivity index (χ1v) is 7.41. The number of nitrogens with zero attached hydrogens (tertiary/aromatic N) is 1. The summed E-state index contributed by atoms with van der Waals surface area (Å²) in [7, 11) is 1.14. The first-order valence-electron chi connectivity index (χ1n) is 7.41. The Bertz CT molecular complexity index is 819. The number of methoxy groups -OCH3 is 1. The minimum absolute atomic E-state index is 0.0306. The highest BCUT2D eigenvalue weighted by atomic mass is 19.3. The molecule has 1 aromatic carbocycles. The van der Waals surface area contributed by atoms with Gasteiger partial charge in [-0.1, -0.05) is 0 Å². The molecule has 0 fully saturated rings. The first-order chi connectivity index (χ1) is 11.4. The number of H-pyrrole nitrogens is 1. The summed E-state index contributed by atoms with van der Waals surface area (Å²) in [6, 6.07) is 2.81. The van der Waals surface area contributed by atoms with Crippen molar-refractivity contribution in [2.24, 2.45) is 0 Å². The zero-order chi connectivity index (χ0) is 19.0. The number of halogens is 2. The molecule has 9 heteroatoms. The van der Waals surface area contributed by atoms with Crippen molar-refractivity contribution in [2.45, 2.75) is 39.2 Å². The van der Waals surface area contributed by atoms with E-state index in [0.717, 1.165) is 7.11 Å². The van der Waals surface area contributed by atoms with Crippen LogP contribution in [0.3, 0.4) is 0 Å². The third-order valence-electron chi connectivity index (χ3n) is 3.10. The molecule has 0 aliphatic carbocycles. The quantitative estimate of drug-likeness (QED) is 0.817. The zero-order valence-corrected chi connectivity index (χ0v) is 14.5. The van der Waals surface area contributed by atoms with Crippen LogP contribution in [0.4, 0.5) is 19.3 Å². The van der Waals surface area contributed by atoms with Crippen molar-refractivity contribution in [3.63, 3.8) is 0 Å². The molecule has 0 spiro atoms. The first kappa shape index (κ1) is 18.6. The molecule has 0 aliphatic rings. The summed E-state index contributed by atoms with van der Waals surface area (Å²) < 4.78 is 36.8. The SMILES string of the molecule is COC(=O)c1c(NC(=O)OC(C)(C)C)ccc2[nH]c(C(C)(F)F)nc12. The van der Waals surface area contributed by atoms with Crippen molar-refractivity contribution in [1.29, 1.82) is 0 Å². The summed E-state index contributed by atoms with van der Waals surface area (Å²) in [5.74, 6) is -4.64.